The van der Waals surface area contributed by atoms with Gasteiger partial charge in [0.15, 0.2) is 0 Å². The molecule has 1 atom stereocenters. The average Bonchev–Trinajstić information content (AvgIpc) is 2.87. The van der Waals surface area contributed by atoms with E-state index >= 15 is 0 Å². The fourth-order valence-electron chi connectivity index (χ4n) is 4.41. The topological polar surface area (TPSA) is 62.1 Å². The highest BCUT2D eigenvalue weighted by atomic mass is 35.5. The van der Waals surface area contributed by atoms with E-state index in [1.807, 2.05) is 18.2 Å². The minimum atomic E-state index is -0.946. The van der Waals surface area contributed by atoms with Gasteiger partial charge in [0.2, 0.25) is 0 Å². The third-order valence-electron chi connectivity index (χ3n) is 6.02. The minimum absolute atomic E-state index is 0.292. The second kappa shape index (κ2) is 9.13. The first kappa shape index (κ1) is 21.4. The average molecular weight is 449 g/mol. The van der Waals surface area contributed by atoms with Gasteiger partial charge < -0.3 is 9.94 Å². The number of nitrogens with zero attached hydrogens (tertiary/aromatic N) is 2. The van der Waals surface area contributed by atoms with Gasteiger partial charge >= 0.3 is 5.97 Å². The summed E-state index contributed by atoms with van der Waals surface area (Å²) >= 11 is 12.9. The predicted molar refractivity (Wildman–Crippen MR) is 119 cm³/mol. The SMILES string of the molecule is O=C(O)[C@@H]1CCCN(CCON=C2C3=CC(Cl)(Cl)CC=C3CCc3ccccc32)C1. The van der Waals surface area contributed by atoms with E-state index in [2.05, 4.69) is 28.3 Å². The molecule has 0 bridgehead atoms. The van der Waals surface area contributed by atoms with E-state index in [-0.39, 0.29) is 5.92 Å². The van der Waals surface area contributed by atoms with Crippen LogP contribution < -0.4 is 0 Å². The molecule has 1 aliphatic heterocycles. The maximum absolute atomic E-state index is 11.3. The highest BCUT2D eigenvalue weighted by Crippen LogP contribution is 2.40. The molecule has 7 heteroatoms. The van der Waals surface area contributed by atoms with Crippen LogP contribution in [0.15, 0.2) is 52.7 Å². The number of halogens is 2. The number of hydrogen-bond donors (Lipinski definition) is 1. The Kier molecular flexibility index (Phi) is 6.51. The van der Waals surface area contributed by atoms with Crippen molar-refractivity contribution in [2.45, 2.75) is 36.4 Å². The van der Waals surface area contributed by atoms with Gasteiger partial charge in [-0.15, -0.1) is 0 Å². The Labute approximate surface area is 187 Å². The molecule has 0 radical (unpaired) electrons. The van der Waals surface area contributed by atoms with E-state index in [9.17, 15) is 9.90 Å². The van der Waals surface area contributed by atoms with Crippen molar-refractivity contribution in [1.82, 2.24) is 4.90 Å². The minimum Gasteiger partial charge on any atom is -0.481 e. The second-order valence-corrected chi connectivity index (χ2v) is 9.70. The number of carboxylic acid groups (broad SMARTS) is 1. The van der Waals surface area contributed by atoms with Crippen LogP contribution >= 0.6 is 23.2 Å². The fourth-order valence-corrected chi connectivity index (χ4v) is 4.78. The molecule has 1 aromatic carbocycles. The summed E-state index contributed by atoms with van der Waals surface area (Å²) in [6.07, 6.45) is 8.06. The van der Waals surface area contributed by atoms with E-state index in [0.717, 1.165) is 49.1 Å². The third kappa shape index (κ3) is 4.90. The summed E-state index contributed by atoms with van der Waals surface area (Å²) in [5.74, 6) is -1.01. The quantitative estimate of drug-likeness (QED) is 0.406. The molecule has 1 saturated heterocycles. The van der Waals surface area contributed by atoms with Gasteiger partial charge in [0.1, 0.15) is 16.7 Å². The number of aryl methyl sites for hydroxylation is 1. The van der Waals surface area contributed by atoms with Gasteiger partial charge in [-0.2, -0.15) is 0 Å². The fraction of sp³-hybridized carbons (Fsp3) is 0.478. The van der Waals surface area contributed by atoms with Crippen LogP contribution in [0.3, 0.4) is 0 Å². The van der Waals surface area contributed by atoms with Gasteiger partial charge in [0.25, 0.3) is 0 Å². The maximum atomic E-state index is 11.3. The van der Waals surface area contributed by atoms with Crippen molar-refractivity contribution >= 4 is 34.9 Å². The maximum Gasteiger partial charge on any atom is 0.307 e. The number of benzene rings is 1. The lowest BCUT2D eigenvalue weighted by atomic mass is 9.91. The second-order valence-electron chi connectivity index (χ2n) is 8.16. The van der Waals surface area contributed by atoms with Crippen molar-refractivity contribution in [1.29, 1.82) is 0 Å². The zero-order valence-corrected chi connectivity index (χ0v) is 18.3. The molecule has 30 heavy (non-hydrogen) atoms. The van der Waals surface area contributed by atoms with Gasteiger partial charge in [0, 0.05) is 30.6 Å². The molecule has 3 aliphatic rings. The lowest BCUT2D eigenvalue weighted by Crippen LogP contribution is -2.40. The summed E-state index contributed by atoms with van der Waals surface area (Å²) < 4.78 is -0.946. The van der Waals surface area contributed by atoms with Gasteiger partial charge in [-0.25, -0.2) is 0 Å². The zero-order chi connectivity index (χ0) is 21.1. The van der Waals surface area contributed by atoms with E-state index < -0.39 is 10.3 Å². The summed E-state index contributed by atoms with van der Waals surface area (Å²) in [6, 6.07) is 8.22. The lowest BCUT2D eigenvalue weighted by molar-refractivity contribution is -0.143. The molecule has 1 fully saturated rings. The molecule has 1 N–H and O–H groups in total. The van der Waals surface area contributed by atoms with Crippen LogP contribution in [0, 0.1) is 5.92 Å². The van der Waals surface area contributed by atoms with Gasteiger partial charge in [0.05, 0.1) is 5.92 Å². The van der Waals surface area contributed by atoms with Gasteiger partial charge in [-0.05, 0) is 49.4 Å². The Morgan fingerprint density at radius 2 is 2.13 bits per heavy atom. The number of hydrogen-bond acceptors (Lipinski definition) is 4. The van der Waals surface area contributed by atoms with E-state index in [1.54, 1.807) is 0 Å². The molecule has 1 heterocycles. The Balaban J connectivity index is 1.51. The number of aliphatic carboxylic acids is 1. The summed E-state index contributed by atoms with van der Waals surface area (Å²) in [6.45, 7) is 2.51. The van der Waals surface area contributed by atoms with E-state index in [4.69, 9.17) is 28.0 Å². The Bertz CT molecular complexity index is 907. The first-order valence-electron chi connectivity index (χ1n) is 10.5. The number of oxime groups is 1. The lowest BCUT2D eigenvalue weighted by Gasteiger charge is -2.30. The van der Waals surface area contributed by atoms with E-state index in [1.165, 1.54) is 11.1 Å². The number of fused-ring (bicyclic) bond motifs is 2. The van der Waals surface area contributed by atoms with Crippen LogP contribution in [-0.2, 0) is 16.1 Å². The van der Waals surface area contributed by atoms with Crippen molar-refractivity contribution in [2.75, 3.05) is 26.2 Å². The van der Waals surface area contributed by atoms with Crippen molar-refractivity contribution in [3.05, 3.63) is 58.7 Å². The van der Waals surface area contributed by atoms with Crippen molar-refractivity contribution in [2.24, 2.45) is 11.1 Å². The zero-order valence-electron chi connectivity index (χ0n) is 16.8. The van der Waals surface area contributed by atoms with Crippen LogP contribution in [0.2, 0.25) is 0 Å². The van der Waals surface area contributed by atoms with Crippen LogP contribution in [0.5, 0.6) is 0 Å². The summed E-state index contributed by atoms with van der Waals surface area (Å²) in [7, 11) is 0. The number of rotatable bonds is 5. The summed E-state index contributed by atoms with van der Waals surface area (Å²) in [5.41, 5.74) is 5.18. The third-order valence-corrected chi connectivity index (χ3v) is 6.55. The monoisotopic (exact) mass is 448 g/mol. The number of piperidine rings is 1. The molecule has 2 aliphatic carbocycles. The summed E-state index contributed by atoms with van der Waals surface area (Å²) in [5, 5.41) is 13.8. The largest absolute Gasteiger partial charge is 0.481 e. The Hall–Kier alpha value is -1.82. The molecule has 4 rings (SSSR count). The molecule has 0 spiro atoms. The molecular weight excluding hydrogens is 423 g/mol. The number of allylic oxidation sites excluding steroid dienone is 4. The van der Waals surface area contributed by atoms with Gasteiger partial charge in [-0.1, -0.05) is 58.7 Å². The molecule has 1 aromatic rings. The number of likely N-dealkylation sites (tertiary alicyclic amines) is 1. The number of carbonyl (C=O) groups is 1. The molecule has 5 nitrogen and oxygen atoms in total. The van der Waals surface area contributed by atoms with Crippen LogP contribution in [0.1, 0.15) is 36.8 Å². The molecule has 0 unspecified atom stereocenters. The smallest absolute Gasteiger partial charge is 0.307 e. The normalized spacial score (nSPS) is 24.9. The highest BCUT2D eigenvalue weighted by Gasteiger charge is 2.31. The van der Waals surface area contributed by atoms with Crippen LogP contribution in [0.4, 0.5) is 0 Å². The molecule has 0 saturated carbocycles. The number of alkyl halides is 2. The van der Waals surface area contributed by atoms with Crippen LogP contribution in [-0.4, -0.2) is 52.3 Å². The molecule has 160 valence electrons. The van der Waals surface area contributed by atoms with Crippen molar-refractivity contribution < 1.29 is 14.7 Å². The standard InChI is InChI=1S/C23H26Cl2N2O3/c24-23(25)10-9-17-8-7-16-4-1-2-6-19(16)21(20(17)14-23)26-30-13-12-27-11-3-5-18(15-27)22(28)29/h1-2,4,6,9,14,18H,3,5,7-8,10-13,15H2,(H,28,29)/t18-/m1/s1. The van der Waals surface area contributed by atoms with E-state index in [0.29, 0.717) is 26.1 Å². The highest BCUT2D eigenvalue weighted by molar-refractivity contribution is 6.50. The van der Waals surface area contributed by atoms with Crippen molar-refractivity contribution in [3.63, 3.8) is 0 Å². The molecule has 0 amide bonds. The Morgan fingerprint density at radius 1 is 1.30 bits per heavy atom. The first-order valence-corrected chi connectivity index (χ1v) is 11.2. The van der Waals surface area contributed by atoms with Crippen molar-refractivity contribution in [3.8, 4) is 0 Å². The molecule has 0 aromatic heterocycles. The number of carboxylic acids is 1. The Morgan fingerprint density at radius 3 is 2.97 bits per heavy atom. The van der Waals surface area contributed by atoms with Crippen LogP contribution in [0.25, 0.3) is 0 Å². The van der Waals surface area contributed by atoms with Gasteiger partial charge in [-0.3, -0.25) is 9.69 Å². The first-order chi connectivity index (χ1) is 14.4. The predicted octanol–water partition coefficient (Wildman–Crippen LogP) is 4.58. The molecular formula is C23H26Cl2N2O3. The summed E-state index contributed by atoms with van der Waals surface area (Å²) in [4.78, 5) is 19.1.